The van der Waals surface area contributed by atoms with Gasteiger partial charge < -0.3 is 0 Å². The third-order valence-corrected chi connectivity index (χ3v) is 5.40. The van der Waals surface area contributed by atoms with Gasteiger partial charge in [0.25, 0.3) is 0 Å². The van der Waals surface area contributed by atoms with Crippen LogP contribution in [0.25, 0.3) is 0 Å². The number of rotatable bonds is 3. The fourth-order valence-electron chi connectivity index (χ4n) is 1.08. The zero-order chi connectivity index (χ0) is 16.4. The van der Waals surface area contributed by atoms with E-state index in [4.69, 9.17) is 0 Å². The van der Waals surface area contributed by atoms with Gasteiger partial charge in [0.2, 0.25) is 0 Å². The van der Waals surface area contributed by atoms with Gasteiger partial charge in [-0.3, -0.25) is 0 Å². The molecule has 0 heterocycles. The number of hydrogen-bond acceptors (Lipinski definition) is 3. The Morgan fingerprint density at radius 1 is 0.850 bits per heavy atom. The predicted octanol–water partition coefficient (Wildman–Crippen LogP) is 5.52. The summed E-state index contributed by atoms with van der Waals surface area (Å²) >= 11 is 0. The molecule has 4 heteroatoms. The molecular weight excluding hydrogens is 267 g/mol. The molecule has 1 atom stereocenters. The van der Waals surface area contributed by atoms with Crippen molar-refractivity contribution in [2.75, 3.05) is 6.16 Å². The standard InChI is InChI=1S/C16H32N2OP/c1-12(14(2,3)4)17-18-13(15(5,6)7)11-20(19)16(8,9)10/h11H2,1-10H3/q+1/b17-12+,18-13-. The molecule has 0 saturated carbocycles. The van der Waals surface area contributed by atoms with Gasteiger partial charge in [0.1, 0.15) is 0 Å². The third-order valence-electron chi connectivity index (χ3n) is 3.31. The second-order valence-electron chi connectivity index (χ2n) is 8.44. The summed E-state index contributed by atoms with van der Waals surface area (Å²) in [5, 5.41) is 8.62. The van der Waals surface area contributed by atoms with E-state index in [1.54, 1.807) is 0 Å². The van der Waals surface area contributed by atoms with Crippen LogP contribution in [-0.2, 0) is 4.57 Å². The maximum absolute atomic E-state index is 12.4. The molecule has 0 N–H and O–H groups in total. The lowest BCUT2D eigenvalue weighted by Crippen LogP contribution is -2.25. The Hall–Kier alpha value is -0.560. The van der Waals surface area contributed by atoms with Crippen LogP contribution >= 0.6 is 7.80 Å². The van der Waals surface area contributed by atoms with Crippen molar-refractivity contribution in [3.05, 3.63) is 0 Å². The summed E-state index contributed by atoms with van der Waals surface area (Å²) in [4.78, 5) is 0. The quantitative estimate of drug-likeness (QED) is 0.384. The zero-order valence-corrected chi connectivity index (χ0v) is 15.9. The van der Waals surface area contributed by atoms with Crippen molar-refractivity contribution in [1.29, 1.82) is 0 Å². The van der Waals surface area contributed by atoms with Crippen LogP contribution < -0.4 is 0 Å². The molecule has 0 radical (unpaired) electrons. The molecule has 116 valence electrons. The van der Waals surface area contributed by atoms with Gasteiger partial charge in [0, 0.05) is 16.5 Å². The topological polar surface area (TPSA) is 41.8 Å². The molecule has 0 fully saturated rings. The maximum Gasteiger partial charge on any atom is 0.350 e. The smallest absolute Gasteiger partial charge is 0.160 e. The van der Waals surface area contributed by atoms with E-state index in [1.165, 1.54) is 0 Å². The highest BCUT2D eigenvalue weighted by Crippen LogP contribution is 2.40. The lowest BCUT2D eigenvalue weighted by molar-refractivity contribution is 0.559. The first-order valence-electron chi connectivity index (χ1n) is 7.22. The molecule has 0 bridgehead atoms. The SMILES string of the molecule is C/C(=N\N=C(\C[P+](=O)C(C)(C)C)C(C)(C)C)C(C)(C)C. The van der Waals surface area contributed by atoms with E-state index >= 15 is 0 Å². The molecule has 3 nitrogen and oxygen atoms in total. The van der Waals surface area contributed by atoms with E-state index in [2.05, 4.69) is 51.7 Å². The van der Waals surface area contributed by atoms with Crippen molar-refractivity contribution in [2.24, 2.45) is 21.0 Å². The molecule has 20 heavy (non-hydrogen) atoms. The van der Waals surface area contributed by atoms with E-state index in [-0.39, 0.29) is 16.0 Å². The summed E-state index contributed by atoms with van der Waals surface area (Å²) < 4.78 is 12.4. The van der Waals surface area contributed by atoms with Gasteiger partial charge in [-0.1, -0.05) is 46.1 Å². The van der Waals surface area contributed by atoms with Crippen LogP contribution in [0.2, 0.25) is 0 Å². The number of nitrogens with zero attached hydrogens (tertiary/aromatic N) is 2. The third kappa shape index (κ3) is 6.74. The van der Waals surface area contributed by atoms with E-state index < -0.39 is 7.80 Å². The molecule has 0 aliphatic heterocycles. The second kappa shape index (κ2) is 6.47. The van der Waals surface area contributed by atoms with Crippen LogP contribution in [0.15, 0.2) is 10.2 Å². The highest BCUT2D eigenvalue weighted by atomic mass is 31.1. The Balaban J connectivity index is 5.37. The molecule has 0 aromatic carbocycles. The summed E-state index contributed by atoms with van der Waals surface area (Å²) in [5.74, 6) is 0. The van der Waals surface area contributed by atoms with Crippen molar-refractivity contribution < 1.29 is 4.57 Å². The van der Waals surface area contributed by atoms with E-state index in [0.29, 0.717) is 6.16 Å². The first-order valence-corrected chi connectivity index (χ1v) is 8.67. The van der Waals surface area contributed by atoms with E-state index in [9.17, 15) is 4.57 Å². The van der Waals surface area contributed by atoms with Crippen LogP contribution in [0.3, 0.4) is 0 Å². The van der Waals surface area contributed by atoms with Gasteiger partial charge in [-0.2, -0.15) is 10.2 Å². The van der Waals surface area contributed by atoms with Crippen LogP contribution in [0, 0.1) is 10.8 Å². The lowest BCUT2D eigenvalue weighted by Gasteiger charge is -2.20. The molecular formula is C16H32N2OP+. The van der Waals surface area contributed by atoms with E-state index in [0.717, 1.165) is 11.4 Å². The average molecular weight is 299 g/mol. The summed E-state index contributed by atoms with van der Waals surface area (Å²) in [7, 11) is -1.33. The highest BCUT2D eigenvalue weighted by Gasteiger charge is 2.38. The van der Waals surface area contributed by atoms with Gasteiger partial charge in [0.05, 0.1) is 5.71 Å². The summed E-state index contributed by atoms with van der Waals surface area (Å²) in [6.45, 7) is 20.7. The molecule has 0 saturated heterocycles. The Kier molecular flexibility index (Phi) is 6.29. The highest BCUT2D eigenvalue weighted by molar-refractivity contribution is 7.47. The minimum absolute atomic E-state index is 0.0126. The van der Waals surface area contributed by atoms with Crippen LogP contribution in [0.5, 0.6) is 0 Å². The Bertz CT molecular complexity index is 415. The fourth-order valence-corrected chi connectivity index (χ4v) is 2.36. The van der Waals surface area contributed by atoms with Crippen LogP contribution in [0.4, 0.5) is 0 Å². The summed E-state index contributed by atoms with van der Waals surface area (Å²) in [6.07, 6.45) is 0.517. The Labute approximate surface area is 126 Å². The van der Waals surface area contributed by atoms with Gasteiger partial charge in [-0.15, -0.1) is 0 Å². The van der Waals surface area contributed by atoms with Crippen molar-refractivity contribution in [3.8, 4) is 0 Å². The second-order valence-corrected chi connectivity index (χ2v) is 10.9. The van der Waals surface area contributed by atoms with Crippen molar-refractivity contribution in [1.82, 2.24) is 0 Å². The molecule has 0 amide bonds. The minimum Gasteiger partial charge on any atom is -0.160 e. The summed E-state index contributed by atoms with van der Waals surface area (Å²) in [5.41, 5.74) is 1.80. The molecule has 0 aromatic rings. The van der Waals surface area contributed by atoms with Gasteiger partial charge in [-0.25, -0.2) is 0 Å². The minimum atomic E-state index is -1.33. The van der Waals surface area contributed by atoms with Gasteiger partial charge in [-0.05, 0) is 27.7 Å². The first kappa shape index (κ1) is 19.4. The monoisotopic (exact) mass is 299 g/mol. The van der Waals surface area contributed by atoms with Crippen LogP contribution in [-0.4, -0.2) is 22.7 Å². The normalized spacial score (nSPS) is 16.4. The van der Waals surface area contributed by atoms with Crippen molar-refractivity contribution >= 4 is 19.2 Å². The van der Waals surface area contributed by atoms with Crippen molar-refractivity contribution in [2.45, 2.75) is 74.4 Å². The van der Waals surface area contributed by atoms with Gasteiger partial charge in [0.15, 0.2) is 11.3 Å². The lowest BCUT2D eigenvalue weighted by atomic mass is 9.91. The largest absolute Gasteiger partial charge is 0.350 e. The summed E-state index contributed by atoms with van der Waals surface area (Å²) in [6, 6.07) is 0. The molecule has 0 aliphatic rings. The predicted molar refractivity (Wildman–Crippen MR) is 91.7 cm³/mol. The van der Waals surface area contributed by atoms with Crippen molar-refractivity contribution in [3.63, 3.8) is 0 Å². The van der Waals surface area contributed by atoms with Crippen LogP contribution in [0.1, 0.15) is 69.2 Å². The number of hydrogen-bond donors (Lipinski definition) is 0. The molecule has 0 rings (SSSR count). The van der Waals surface area contributed by atoms with Gasteiger partial charge >= 0.3 is 7.80 Å². The molecule has 1 unspecified atom stereocenters. The fraction of sp³-hybridized carbons (Fsp3) is 0.875. The zero-order valence-electron chi connectivity index (χ0n) is 15.0. The average Bonchev–Trinajstić information content (AvgIpc) is 2.18. The Morgan fingerprint density at radius 3 is 1.60 bits per heavy atom. The molecule has 0 aromatic heterocycles. The van der Waals surface area contributed by atoms with E-state index in [1.807, 2.05) is 27.7 Å². The molecule has 0 aliphatic carbocycles. The maximum atomic E-state index is 12.4. The first-order chi connectivity index (χ1) is 8.65. The molecule has 0 spiro atoms. The Morgan fingerprint density at radius 2 is 1.30 bits per heavy atom.